The maximum atomic E-state index is 11.7. The fourth-order valence-corrected chi connectivity index (χ4v) is 2.70. The van der Waals surface area contributed by atoms with Gasteiger partial charge in [0.05, 0.1) is 5.52 Å². The van der Waals surface area contributed by atoms with Crippen LogP contribution in [0, 0.1) is 0 Å². The molecular formula is C14H16ClN3O. The quantitative estimate of drug-likeness (QED) is 0.790. The first-order valence-corrected chi connectivity index (χ1v) is 6.90. The smallest absolute Gasteiger partial charge is 0.250 e. The van der Waals surface area contributed by atoms with Gasteiger partial charge in [0.2, 0.25) is 5.56 Å². The molecule has 1 saturated heterocycles. The largest absolute Gasteiger partial charge is 0.382 e. The van der Waals surface area contributed by atoms with Crippen molar-refractivity contribution in [1.82, 2.24) is 10.3 Å². The van der Waals surface area contributed by atoms with Crippen LogP contribution in [0.15, 0.2) is 29.1 Å². The molecule has 100 valence electrons. The molecule has 0 radical (unpaired) electrons. The molecule has 3 N–H and O–H groups in total. The van der Waals surface area contributed by atoms with Crippen molar-refractivity contribution < 1.29 is 0 Å². The van der Waals surface area contributed by atoms with Crippen molar-refractivity contribution in [3.63, 3.8) is 0 Å². The summed E-state index contributed by atoms with van der Waals surface area (Å²) in [6.07, 6.45) is 2.13. The Morgan fingerprint density at radius 3 is 2.79 bits per heavy atom. The molecule has 2 heterocycles. The Balaban J connectivity index is 2.00. The maximum Gasteiger partial charge on any atom is 0.250 e. The molecule has 0 unspecified atom stereocenters. The average molecular weight is 278 g/mol. The van der Waals surface area contributed by atoms with E-state index in [2.05, 4.69) is 15.6 Å². The van der Waals surface area contributed by atoms with Gasteiger partial charge in [-0.05, 0) is 44.1 Å². The van der Waals surface area contributed by atoms with Crippen molar-refractivity contribution in [3.8, 4) is 0 Å². The standard InChI is InChI=1S/C14H16ClN3O/c15-9-1-2-12-11(7-9)13(8-14(19)18-12)17-10-3-5-16-6-4-10/h1-2,7-8,10,16H,3-6H2,(H2,17,18,19). The minimum atomic E-state index is -0.0914. The minimum absolute atomic E-state index is 0.0914. The molecule has 0 amide bonds. The van der Waals surface area contributed by atoms with Crippen LogP contribution >= 0.6 is 11.6 Å². The molecule has 1 fully saturated rings. The van der Waals surface area contributed by atoms with E-state index in [9.17, 15) is 4.79 Å². The first-order valence-electron chi connectivity index (χ1n) is 6.52. The molecule has 0 aliphatic carbocycles. The number of piperidine rings is 1. The highest BCUT2D eigenvalue weighted by Crippen LogP contribution is 2.25. The predicted octanol–water partition coefficient (Wildman–Crippen LogP) is 2.35. The number of pyridine rings is 1. The highest BCUT2D eigenvalue weighted by atomic mass is 35.5. The Morgan fingerprint density at radius 1 is 1.21 bits per heavy atom. The molecule has 1 aromatic carbocycles. The number of nitrogens with one attached hydrogen (secondary N) is 3. The van der Waals surface area contributed by atoms with Gasteiger partial charge >= 0.3 is 0 Å². The summed E-state index contributed by atoms with van der Waals surface area (Å²) in [5, 5.41) is 8.44. The fourth-order valence-electron chi connectivity index (χ4n) is 2.53. The average Bonchev–Trinajstić information content (AvgIpc) is 2.41. The molecule has 2 aromatic rings. The van der Waals surface area contributed by atoms with Crippen molar-refractivity contribution >= 4 is 28.2 Å². The molecule has 0 spiro atoms. The van der Waals surface area contributed by atoms with Crippen LogP contribution in [-0.4, -0.2) is 24.1 Å². The van der Waals surface area contributed by atoms with E-state index in [0.29, 0.717) is 11.1 Å². The van der Waals surface area contributed by atoms with E-state index in [-0.39, 0.29) is 5.56 Å². The van der Waals surface area contributed by atoms with Gasteiger partial charge in [0.15, 0.2) is 0 Å². The van der Waals surface area contributed by atoms with E-state index in [4.69, 9.17) is 11.6 Å². The molecule has 0 saturated carbocycles. The van der Waals surface area contributed by atoms with Crippen LogP contribution in [0.25, 0.3) is 10.9 Å². The number of benzene rings is 1. The topological polar surface area (TPSA) is 56.9 Å². The predicted molar refractivity (Wildman–Crippen MR) is 79.1 cm³/mol. The van der Waals surface area contributed by atoms with E-state index in [0.717, 1.165) is 42.5 Å². The van der Waals surface area contributed by atoms with Gasteiger partial charge < -0.3 is 15.6 Å². The van der Waals surface area contributed by atoms with E-state index in [1.54, 1.807) is 12.1 Å². The van der Waals surface area contributed by atoms with Crippen molar-refractivity contribution in [2.75, 3.05) is 18.4 Å². The Bertz CT molecular complexity index is 647. The lowest BCUT2D eigenvalue weighted by atomic mass is 10.1. The number of anilines is 1. The second-order valence-corrected chi connectivity index (χ2v) is 5.34. The Kier molecular flexibility index (Phi) is 3.44. The summed E-state index contributed by atoms with van der Waals surface area (Å²) in [6, 6.07) is 7.53. The van der Waals surface area contributed by atoms with Crippen molar-refractivity contribution in [2.24, 2.45) is 0 Å². The highest BCUT2D eigenvalue weighted by molar-refractivity contribution is 6.31. The zero-order valence-corrected chi connectivity index (χ0v) is 11.3. The van der Waals surface area contributed by atoms with Gasteiger partial charge in [0.1, 0.15) is 0 Å². The zero-order valence-electron chi connectivity index (χ0n) is 10.5. The van der Waals surface area contributed by atoms with Crippen LogP contribution in [0.3, 0.4) is 0 Å². The second-order valence-electron chi connectivity index (χ2n) is 4.91. The van der Waals surface area contributed by atoms with Crippen LogP contribution in [-0.2, 0) is 0 Å². The van der Waals surface area contributed by atoms with Crippen LogP contribution in [0.1, 0.15) is 12.8 Å². The molecule has 4 nitrogen and oxygen atoms in total. The summed E-state index contributed by atoms with van der Waals surface area (Å²) < 4.78 is 0. The number of fused-ring (bicyclic) bond motifs is 1. The second kappa shape index (κ2) is 5.23. The normalized spacial score (nSPS) is 16.7. The first kappa shape index (κ1) is 12.5. The first-order chi connectivity index (χ1) is 9.22. The van der Waals surface area contributed by atoms with Gasteiger partial charge in [-0.1, -0.05) is 11.6 Å². The summed E-state index contributed by atoms with van der Waals surface area (Å²) >= 11 is 6.04. The van der Waals surface area contributed by atoms with Crippen LogP contribution in [0.5, 0.6) is 0 Å². The third-order valence-electron chi connectivity index (χ3n) is 3.50. The van der Waals surface area contributed by atoms with Gasteiger partial charge in [-0.3, -0.25) is 4.79 Å². The number of halogens is 1. The van der Waals surface area contributed by atoms with E-state index >= 15 is 0 Å². The van der Waals surface area contributed by atoms with Crippen LogP contribution in [0.4, 0.5) is 5.69 Å². The van der Waals surface area contributed by atoms with E-state index in [1.165, 1.54) is 0 Å². The number of rotatable bonds is 2. The zero-order chi connectivity index (χ0) is 13.2. The van der Waals surface area contributed by atoms with Crippen molar-refractivity contribution in [3.05, 3.63) is 39.6 Å². The Labute approximate surface area is 116 Å². The lowest BCUT2D eigenvalue weighted by Gasteiger charge is -2.25. The van der Waals surface area contributed by atoms with Gasteiger partial charge in [0.25, 0.3) is 0 Å². The number of aromatic nitrogens is 1. The monoisotopic (exact) mass is 277 g/mol. The number of hydrogen-bond acceptors (Lipinski definition) is 3. The Morgan fingerprint density at radius 2 is 2.00 bits per heavy atom. The van der Waals surface area contributed by atoms with Gasteiger partial charge in [-0.25, -0.2) is 0 Å². The van der Waals surface area contributed by atoms with Gasteiger partial charge in [-0.15, -0.1) is 0 Å². The molecule has 0 atom stereocenters. The minimum Gasteiger partial charge on any atom is -0.382 e. The molecular weight excluding hydrogens is 262 g/mol. The molecule has 1 aliphatic rings. The number of H-pyrrole nitrogens is 1. The molecule has 0 bridgehead atoms. The molecule has 5 heteroatoms. The van der Waals surface area contributed by atoms with Gasteiger partial charge in [0, 0.05) is 28.2 Å². The summed E-state index contributed by atoms with van der Waals surface area (Å²) in [5.74, 6) is 0. The lowest BCUT2D eigenvalue weighted by molar-refractivity contribution is 0.479. The Hall–Kier alpha value is -1.52. The number of hydrogen-bond donors (Lipinski definition) is 3. The summed E-state index contributed by atoms with van der Waals surface area (Å²) in [7, 11) is 0. The lowest BCUT2D eigenvalue weighted by Crippen LogP contribution is -2.35. The molecule has 19 heavy (non-hydrogen) atoms. The molecule has 3 rings (SSSR count). The van der Waals surface area contributed by atoms with E-state index < -0.39 is 0 Å². The van der Waals surface area contributed by atoms with Crippen LogP contribution < -0.4 is 16.2 Å². The number of aromatic amines is 1. The summed E-state index contributed by atoms with van der Waals surface area (Å²) in [4.78, 5) is 14.5. The third kappa shape index (κ3) is 2.74. The SMILES string of the molecule is O=c1cc(NC2CCNCC2)c2cc(Cl)ccc2[nH]1. The molecule has 1 aromatic heterocycles. The van der Waals surface area contributed by atoms with Crippen molar-refractivity contribution in [1.29, 1.82) is 0 Å². The van der Waals surface area contributed by atoms with Gasteiger partial charge in [-0.2, -0.15) is 0 Å². The summed E-state index contributed by atoms with van der Waals surface area (Å²) in [6.45, 7) is 2.03. The highest BCUT2D eigenvalue weighted by Gasteiger charge is 2.14. The van der Waals surface area contributed by atoms with Crippen LogP contribution in [0.2, 0.25) is 5.02 Å². The van der Waals surface area contributed by atoms with Crippen molar-refractivity contribution in [2.45, 2.75) is 18.9 Å². The molecule has 1 aliphatic heterocycles. The fraction of sp³-hybridized carbons (Fsp3) is 0.357. The summed E-state index contributed by atoms with van der Waals surface area (Å²) in [5.41, 5.74) is 1.59. The maximum absolute atomic E-state index is 11.7. The van der Waals surface area contributed by atoms with E-state index in [1.807, 2.05) is 12.1 Å². The third-order valence-corrected chi connectivity index (χ3v) is 3.74.